The van der Waals surface area contributed by atoms with Crippen molar-refractivity contribution in [2.24, 2.45) is 11.8 Å². The van der Waals surface area contributed by atoms with Crippen LogP contribution >= 0.6 is 27.3 Å². The third-order valence-corrected chi connectivity index (χ3v) is 5.11. The van der Waals surface area contributed by atoms with Crippen molar-refractivity contribution in [2.75, 3.05) is 0 Å². The van der Waals surface area contributed by atoms with Gasteiger partial charge < -0.3 is 10.2 Å². The quantitative estimate of drug-likeness (QED) is 0.898. The Morgan fingerprint density at radius 2 is 2.29 bits per heavy atom. The summed E-state index contributed by atoms with van der Waals surface area (Å²) in [7, 11) is 0. The molecule has 3 nitrogen and oxygen atoms in total. The largest absolute Gasteiger partial charge is 0.481 e. The normalized spacial score (nSPS) is 26.1. The Bertz CT molecular complexity index is 429. The number of carbonyl (C=O) groups is 1. The van der Waals surface area contributed by atoms with Gasteiger partial charge in [-0.15, -0.1) is 11.3 Å². The van der Waals surface area contributed by atoms with Crippen molar-refractivity contribution < 1.29 is 15.0 Å². The minimum absolute atomic E-state index is 0.146. The molecule has 1 fully saturated rings. The molecule has 0 saturated heterocycles. The molecule has 1 aromatic heterocycles. The maximum absolute atomic E-state index is 11.1. The zero-order valence-electron chi connectivity index (χ0n) is 9.52. The second kappa shape index (κ2) is 5.08. The SMILES string of the molecule is Cc1sc(Br)cc1C(O)C1CCCC1C(=O)O. The fourth-order valence-electron chi connectivity index (χ4n) is 2.66. The Morgan fingerprint density at radius 1 is 1.59 bits per heavy atom. The lowest BCUT2D eigenvalue weighted by atomic mass is 9.87. The van der Waals surface area contributed by atoms with Gasteiger partial charge in [-0.25, -0.2) is 0 Å². The summed E-state index contributed by atoms with van der Waals surface area (Å²) in [5.41, 5.74) is 0.875. The Balaban J connectivity index is 2.22. The maximum Gasteiger partial charge on any atom is 0.306 e. The van der Waals surface area contributed by atoms with E-state index in [4.69, 9.17) is 5.11 Å². The van der Waals surface area contributed by atoms with Gasteiger partial charge in [0.05, 0.1) is 15.8 Å². The van der Waals surface area contributed by atoms with Crippen molar-refractivity contribution in [1.82, 2.24) is 0 Å². The second-order valence-electron chi connectivity index (χ2n) is 4.55. The monoisotopic (exact) mass is 318 g/mol. The summed E-state index contributed by atoms with van der Waals surface area (Å²) in [5, 5.41) is 19.5. The summed E-state index contributed by atoms with van der Waals surface area (Å²) < 4.78 is 0.980. The lowest BCUT2D eigenvalue weighted by Crippen LogP contribution is -2.23. The van der Waals surface area contributed by atoms with E-state index in [1.165, 1.54) is 0 Å². The molecule has 1 saturated carbocycles. The van der Waals surface area contributed by atoms with Crippen LogP contribution in [0.1, 0.15) is 35.8 Å². The second-order valence-corrected chi connectivity index (χ2v) is 7.18. The minimum atomic E-state index is -0.779. The average molecular weight is 319 g/mol. The highest BCUT2D eigenvalue weighted by Gasteiger charge is 2.38. The summed E-state index contributed by atoms with van der Waals surface area (Å²) in [6.45, 7) is 1.96. The Hall–Kier alpha value is -0.390. The number of aliphatic hydroxyl groups is 1. The van der Waals surface area contributed by atoms with Crippen molar-refractivity contribution in [3.8, 4) is 0 Å². The highest BCUT2D eigenvalue weighted by molar-refractivity contribution is 9.11. The number of aliphatic hydroxyl groups excluding tert-OH is 1. The standard InChI is InChI=1S/C12H15BrO3S/c1-6-9(5-10(13)17-6)11(14)7-3-2-4-8(7)12(15)16/h5,7-8,11,14H,2-4H2,1H3,(H,15,16). The molecular formula is C12H15BrO3S. The molecular weight excluding hydrogens is 304 g/mol. The summed E-state index contributed by atoms with van der Waals surface area (Å²) in [4.78, 5) is 12.2. The summed E-state index contributed by atoms with van der Waals surface area (Å²) >= 11 is 4.97. The third kappa shape index (κ3) is 2.56. The Labute approximate surface area is 113 Å². The summed E-state index contributed by atoms with van der Waals surface area (Å²) in [6.07, 6.45) is 1.72. The fourth-order valence-corrected chi connectivity index (χ4v) is 4.41. The van der Waals surface area contributed by atoms with Crippen LogP contribution in [0.25, 0.3) is 0 Å². The number of hydrogen-bond donors (Lipinski definition) is 2. The highest BCUT2D eigenvalue weighted by Crippen LogP contribution is 2.43. The molecule has 1 aliphatic rings. The van der Waals surface area contributed by atoms with Crippen LogP contribution in [0.5, 0.6) is 0 Å². The zero-order valence-corrected chi connectivity index (χ0v) is 11.9. The summed E-state index contributed by atoms with van der Waals surface area (Å²) in [6, 6.07) is 1.90. The van der Waals surface area contributed by atoms with Gasteiger partial charge in [-0.1, -0.05) is 6.42 Å². The molecule has 0 radical (unpaired) electrons. The van der Waals surface area contributed by atoms with E-state index in [2.05, 4.69) is 15.9 Å². The van der Waals surface area contributed by atoms with E-state index in [9.17, 15) is 9.90 Å². The molecule has 5 heteroatoms. The van der Waals surface area contributed by atoms with Crippen LogP contribution in [-0.4, -0.2) is 16.2 Å². The number of thiophene rings is 1. The first kappa shape index (κ1) is 13.1. The predicted octanol–water partition coefficient (Wildman–Crippen LogP) is 3.35. The van der Waals surface area contributed by atoms with E-state index in [1.54, 1.807) is 11.3 Å². The van der Waals surface area contributed by atoms with Gasteiger partial charge in [-0.05, 0) is 47.3 Å². The van der Waals surface area contributed by atoms with Crippen molar-refractivity contribution in [3.05, 3.63) is 20.3 Å². The van der Waals surface area contributed by atoms with Gasteiger partial charge in [-0.3, -0.25) is 4.79 Å². The number of rotatable bonds is 3. The molecule has 0 aromatic carbocycles. The fraction of sp³-hybridized carbons (Fsp3) is 0.583. The van der Waals surface area contributed by atoms with E-state index < -0.39 is 18.0 Å². The van der Waals surface area contributed by atoms with Gasteiger partial charge in [0.25, 0.3) is 0 Å². The number of aryl methyl sites for hydroxylation is 1. The van der Waals surface area contributed by atoms with E-state index in [0.717, 1.165) is 27.1 Å². The minimum Gasteiger partial charge on any atom is -0.481 e. The topological polar surface area (TPSA) is 57.5 Å². The van der Waals surface area contributed by atoms with E-state index in [1.807, 2.05) is 13.0 Å². The molecule has 17 heavy (non-hydrogen) atoms. The van der Waals surface area contributed by atoms with E-state index in [-0.39, 0.29) is 5.92 Å². The van der Waals surface area contributed by atoms with Crippen molar-refractivity contribution in [2.45, 2.75) is 32.3 Å². The molecule has 94 valence electrons. The zero-order chi connectivity index (χ0) is 12.6. The first-order valence-electron chi connectivity index (χ1n) is 5.67. The third-order valence-electron chi connectivity index (χ3n) is 3.54. The maximum atomic E-state index is 11.1. The number of halogens is 1. The van der Waals surface area contributed by atoms with Crippen LogP contribution in [0.2, 0.25) is 0 Å². The van der Waals surface area contributed by atoms with Gasteiger partial charge >= 0.3 is 5.97 Å². The molecule has 0 bridgehead atoms. The molecule has 1 aliphatic carbocycles. The molecule has 1 aromatic rings. The molecule has 0 aliphatic heterocycles. The van der Waals surface area contributed by atoms with Gasteiger partial charge in [0.15, 0.2) is 0 Å². The molecule has 2 N–H and O–H groups in total. The first-order chi connectivity index (χ1) is 8.00. The predicted molar refractivity (Wildman–Crippen MR) is 70.2 cm³/mol. The van der Waals surface area contributed by atoms with Crippen molar-refractivity contribution >= 4 is 33.2 Å². The van der Waals surface area contributed by atoms with E-state index in [0.29, 0.717) is 6.42 Å². The van der Waals surface area contributed by atoms with Gasteiger partial charge in [0, 0.05) is 10.8 Å². The van der Waals surface area contributed by atoms with Crippen LogP contribution < -0.4 is 0 Å². The molecule has 3 unspecified atom stereocenters. The number of aliphatic carboxylic acids is 1. The van der Waals surface area contributed by atoms with Crippen LogP contribution in [0, 0.1) is 18.8 Å². The summed E-state index contributed by atoms with van der Waals surface area (Å²) in [5.74, 6) is -1.32. The first-order valence-corrected chi connectivity index (χ1v) is 7.28. The smallest absolute Gasteiger partial charge is 0.306 e. The lowest BCUT2D eigenvalue weighted by molar-refractivity contribution is -0.144. The Morgan fingerprint density at radius 3 is 2.82 bits per heavy atom. The highest BCUT2D eigenvalue weighted by atomic mass is 79.9. The van der Waals surface area contributed by atoms with Gasteiger partial charge in [-0.2, -0.15) is 0 Å². The van der Waals surface area contributed by atoms with Crippen LogP contribution in [-0.2, 0) is 4.79 Å². The molecule has 3 atom stereocenters. The van der Waals surface area contributed by atoms with Crippen LogP contribution in [0.15, 0.2) is 9.85 Å². The molecule has 1 heterocycles. The van der Waals surface area contributed by atoms with Crippen molar-refractivity contribution in [3.63, 3.8) is 0 Å². The van der Waals surface area contributed by atoms with Gasteiger partial charge in [0.2, 0.25) is 0 Å². The van der Waals surface area contributed by atoms with Gasteiger partial charge in [0.1, 0.15) is 0 Å². The molecule has 0 amide bonds. The van der Waals surface area contributed by atoms with Crippen molar-refractivity contribution in [1.29, 1.82) is 0 Å². The lowest BCUT2D eigenvalue weighted by Gasteiger charge is -2.22. The molecule has 0 spiro atoms. The van der Waals surface area contributed by atoms with Crippen LogP contribution in [0.3, 0.4) is 0 Å². The van der Waals surface area contributed by atoms with Crippen LogP contribution in [0.4, 0.5) is 0 Å². The molecule has 2 rings (SSSR count). The van der Waals surface area contributed by atoms with E-state index >= 15 is 0 Å². The average Bonchev–Trinajstić information content (AvgIpc) is 2.83. The number of hydrogen-bond acceptors (Lipinski definition) is 3. The number of carboxylic acid groups (broad SMARTS) is 1. The number of carboxylic acids is 1. The Kier molecular flexibility index (Phi) is 3.90.